The maximum absolute atomic E-state index is 10.4. The van der Waals surface area contributed by atoms with E-state index in [0.29, 0.717) is 5.75 Å². The van der Waals surface area contributed by atoms with Crippen LogP contribution >= 0.6 is 0 Å². The van der Waals surface area contributed by atoms with Crippen LogP contribution in [0, 0.1) is 6.07 Å². The van der Waals surface area contributed by atoms with E-state index in [1.165, 1.54) is 19.2 Å². The summed E-state index contributed by atoms with van der Waals surface area (Å²) in [6.45, 7) is 0. The fourth-order valence-corrected chi connectivity index (χ4v) is 1.01. The van der Waals surface area contributed by atoms with Crippen molar-refractivity contribution in [3.63, 3.8) is 0 Å². The van der Waals surface area contributed by atoms with Crippen molar-refractivity contribution >= 4 is 10.7 Å². The Morgan fingerprint density at radius 1 is 1.45 bits per heavy atom. The van der Waals surface area contributed by atoms with Crippen LogP contribution in [0.1, 0.15) is 0 Å². The van der Waals surface area contributed by atoms with Crippen LogP contribution in [0.5, 0.6) is 5.75 Å². The van der Waals surface area contributed by atoms with Crippen molar-refractivity contribution < 1.29 is 13.2 Å². The Bertz CT molecular complexity index is 292. The third kappa shape index (κ3) is 1.94. The molecule has 0 bridgehead atoms. The first-order chi connectivity index (χ1) is 5.24. The normalized spacial score (nSPS) is 10.0. The molecule has 1 radical (unpaired) electrons. The summed E-state index contributed by atoms with van der Waals surface area (Å²) in [6, 6.07) is 7.08. The van der Waals surface area contributed by atoms with Gasteiger partial charge in [0.25, 0.3) is 0 Å². The van der Waals surface area contributed by atoms with Crippen molar-refractivity contribution in [2.45, 2.75) is 4.90 Å². The van der Waals surface area contributed by atoms with Crippen LogP contribution in [0.4, 0.5) is 0 Å². The SMILES string of the molecule is COc1c[c]c([SH](=O)=O)cc1. The Morgan fingerprint density at radius 3 is 2.55 bits per heavy atom. The third-order valence-corrected chi connectivity index (χ3v) is 1.87. The Kier molecular flexibility index (Phi) is 2.48. The van der Waals surface area contributed by atoms with Crippen LogP contribution in [0.25, 0.3) is 0 Å². The molecule has 0 spiro atoms. The van der Waals surface area contributed by atoms with Gasteiger partial charge in [-0.1, -0.05) is 0 Å². The summed E-state index contributed by atoms with van der Waals surface area (Å²) in [5.74, 6) is 0.602. The van der Waals surface area contributed by atoms with Gasteiger partial charge in [-0.25, -0.2) is 8.42 Å². The first-order valence-electron chi connectivity index (χ1n) is 2.94. The van der Waals surface area contributed by atoms with Gasteiger partial charge in [0, 0.05) is 6.07 Å². The number of hydrogen-bond donors (Lipinski definition) is 1. The monoisotopic (exact) mass is 171 g/mol. The molecule has 0 aromatic heterocycles. The van der Waals surface area contributed by atoms with E-state index in [2.05, 4.69) is 6.07 Å². The molecule has 0 N–H and O–H groups in total. The van der Waals surface area contributed by atoms with E-state index in [4.69, 9.17) is 4.74 Å². The lowest BCUT2D eigenvalue weighted by Gasteiger charge is -1.96. The lowest BCUT2D eigenvalue weighted by atomic mass is 10.3. The van der Waals surface area contributed by atoms with Gasteiger partial charge < -0.3 is 4.74 Å². The second-order valence-electron chi connectivity index (χ2n) is 1.87. The van der Waals surface area contributed by atoms with Crippen LogP contribution < -0.4 is 4.74 Å². The van der Waals surface area contributed by atoms with Gasteiger partial charge in [0.05, 0.1) is 12.0 Å². The molecule has 0 fully saturated rings. The molecule has 0 atom stereocenters. The number of thiol groups is 1. The van der Waals surface area contributed by atoms with Gasteiger partial charge in [-0.05, 0) is 18.2 Å². The van der Waals surface area contributed by atoms with Gasteiger partial charge in [-0.2, -0.15) is 0 Å². The van der Waals surface area contributed by atoms with E-state index < -0.39 is 10.7 Å². The van der Waals surface area contributed by atoms with Gasteiger partial charge in [-0.3, -0.25) is 0 Å². The Morgan fingerprint density at radius 2 is 2.18 bits per heavy atom. The highest BCUT2D eigenvalue weighted by molar-refractivity contribution is 7.72. The first-order valence-corrected chi connectivity index (χ1v) is 4.12. The molecule has 0 aliphatic rings. The average Bonchev–Trinajstić information content (AvgIpc) is 2.05. The Labute approximate surface area is 66.6 Å². The molecule has 1 aromatic rings. The minimum atomic E-state index is -2.52. The molecule has 0 saturated heterocycles. The zero-order chi connectivity index (χ0) is 8.27. The molecular formula is C7H7O3S. The predicted molar refractivity (Wildman–Crippen MR) is 40.4 cm³/mol. The molecule has 0 amide bonds. The molecule has 0 aliphatic carbocycles. The van der Waals surface area contributed by atoms with E-state index >= 15 is 0 Å². The van der Waals surface area contributed by atoms with Crippen molar-refractivity contribution in [1.29, 1.82) is 0 Å². The average molecular weight is 171 g/mol. The van der Waals surface area contributed by atoms with Crippen molar-refractivity contribution in [2.75, 3.05) is 7.11 Å². The van der Waals surface area contributed by atoms with E-state index in [1.54, 1.807) is 6.07 Å². The summed E-state index contributed by atoms with van der Waals surface area (Å²) in [4.78, 5) is 0.181. The van der Waals surface area contributed by atoms with E-state index in [-0.39, 0.29) is 4.90 Å². The zero-order valence-electron chi connectivity index (χ0n) is 5.90. The number of ether oxygens (including phenoxy) is 1. The van der Waals surface area contributed by atoms with Gasteiger partial charge in [0.1, 0.15) is 5.75 Å². The summed E-state index contributed by atoms with van der Waals surface area (Å²) in [7, 11) is -1.01. The number of hydrogen-bond acceptors (Lipinski definition) is 3. The van der Waals surface area contributed by atoms with Gasteiger partial charge in [0.2, 0.25) is 0 Å². The Hall–Kier alpha value is -1.03. The van der Waals surface area contributed by atoms with Crippen LogP contribution in [-0.2, 0) is 10.7 Å². The molecule has 1 rings (SSSR count). The molecular weight excluding hydrogens is 164 g/mol. The second-order valence-corrected chi connectivity index (χ2v) is 2.87. The Balaban J connectivity index is 3.01. The molecule has 11 heavy (non-hydrogen) atoms. The highest BCUT2D eigenvalue weighted by Crippen LogP contribution is 2.10. The van der Waals surface area contributed by atoms with Crippen molar-refractivity contribution in [3.05, 3.63) is 24.3 Å². The lowest BCUT2D eigenvalue weighted by Crippen LogP contribution is -1.83. The molecule has 59 valence electrons. The van der Waals surface area contributed by atoms with Gasteiger partial charge in [-0.15, -0.1) is 0 Å². The summed E-state index contributed by atoms with van der Waals surface area (Å²) in [5.41, 5.74) is 0. The molecule has 0 unspecified atom stereocenters. The van der Waals surface area contributed by atoms with Crippen LogP contribution in [0.3, 0.4) is 0 Å². The van der Waals surface area contributed by atoms with E-state index in [9.17, 15) is 8.42 Å². The quantitative estimate of drug-likeness (QED) is 0.657. The van der Waals surface area contributed by atoms with Gasteiger partial charge in [0.15, 0.2) is 10.7 Å². The second kappa shape index (κ2) is 3.39. The van der Waals surface area contributed by atoms with Crippen LogP contribution in [0.15, 0.2) is 23.1 Å². The maximum Gasteiger partial charge on any atom is 0.168 e. The van der Waals surface area contributed by atoms with Crippen molar-refractivity contribution in [3.8, 4) is 5.75 Å². The molecule has 0 aliphatic heterocycles. The zero-order valence-corrected chi connectivity index (χ0v) is 6.80. The molecule has 1 aromatic carbocycles. The fraction of sp³-hybridized carbons (Fsp3) is 0.143. The summed E-state index contributed by atoms with van der Waals surface area (Å²) < 4.78 is 25.6. The summed E-state index contributed by atoms with van der Waals surface area (Å²) in [5, 5.41) is 0. The fourth-order valence-electron chi connectivity index (χ4n) is 0.643. The minimum absolute atomic E-state index is 0.181. The molecule has 0 heterocycles. The highest BCUT2D eigenvalue weighted by Gasteiger charge is 1.94. The summed E-state index contributed by atoms with van der Waals surface area (Å²) >= 11 is 0. The minimum Gasteiger partial charge on any atom is -0.497 e. The largest absolute Gasteiger partial charge is 0.497 e. The third-order valence-electron chi connectivity index (χ3n) is 1.20. The van der Waals surface area contributed by atoms with Crippen molar-refractivity contribution in [1.82, 2.24) is 0 Å². The maximum atomic E-state index is 10.4. The first kappa shape index (κ1) is 8.07. The highest BCUT2D eigenvalue weighted by atomic mass is 32.2. The predicted octanol–water partition coefficient (Wildman–Crippen LogP) is 0.466. The van der Waals surface area contributed by atoms with Crippen LogP contribution in [-0.4, -0.2) is 15.5 Å². The number of methoxy groups -OCH3 is 1. The standard InChI is InChI=1S/C7H7O3S/c1-10-6-2-4-7(5-3-6)11(8)9/h2-4,11H,1H3. The molecule has 3 nitrogen and oxygen atoms in total. The summed E-state index contributed by atoms with van der Waals surface area (Å²) in [6.07, 6.45) is 0. The molecule has 4 heteroatoms. The topological polar surface area (TPSA) is 43.4 Å². The van der Waals surface area contributed by atoms with Crippen LogP contribution in [0.2, 0.25) is 0 Å². The number of benzene rings is 1. The van der Waals surface area contributed by atoms with E-state index in [1.807, 2.05) is 0 Å². The number of rotatable bonds is 2. The van der Waals surface area contributed by atoms with Gasteiger partial charge >= 0.3 is 0 Å². The lowest BCUT2D eigenvalue weighted by molar-refractivity contribution is 0.414. The molecule has 0 saturated carbocycles. The smallest absolute Gasteiger partial charge is 0.168 e. The van der Waals surface area contributed by atoms with E-state index in [0.717, 1.165) is 0 Å². The van der Waals surface area contributed by atoms with Crippen molar-refractivity contribution in [2.24, 2.45) is 0 Å².